The first kappa shape index (κ1) is 14.2. The molecule has 1 aliphatic rings. The molecule has 2 rings (SSSR count). The summed E-state index contributed by atoms with van der Waals surface area (Å²) in [6.45, 7) is 0.0409. The van der Waals surface area contributed by atoms with E-state index in [1.807, 2.05) is 11.0 Å². The number of hydrogen-bond acceptors (Lipinski definition) is 3. The lowest BCUT2D eigenvalue weighted by atomic mass is 10.1. The van der Waals surface area contributed by atoms with Gasteiger partial charge in [-0.1, -0.05) is 36.6 Å². The second-order valence-electron chi connectivity index (χ2n) is 4.94. The predicted octanol–water partition coefficient (Wildman–Crippen LogP) is 2.07. The van der Waals surface area contributed by atoms with Gasteiger partial charge in [0.05, 0.1) is 23.9 Å². The topological polar surface area (TPSA) is 66.6 Å². The molecule has 4 nitrogen and oxygen atoms in total. The number of carbonyl (C=O) groups is 1. The maximum absolute atomic E-state index is 11.3. The number of aliphatic hydroxyl groups is 1. The van der Waals surface area contributed by atoms with Crippen LogP contribution in [0.2, 0.25) is 5.02 Å². The minimum atomic E-state index is -0.379. The van der Waals surface area contributed by atoms with Crippen LogP contribution in [-0.2, 0) is 11.4 Å². The Hall–Kier alpha value is -1.26. The smallest absolute Gasteiger partial charge is 0.236 e. The molecule has 1 aliphatic carbocycles. The Labute approximate surface area is 118 Å². The fourth-order valence-corrected chi connectivity index (χ4v) is 3.09. The van der Waals surface area contributed by atoms with Gasteiger partial charge in [0.25, 0.3) is 0 Å². The van der Waals surface area contributed by atoms with Crippen molar-refractivity contribution in [2.45, 2.75) is 38.3 Å². The van der Waals surface area contributed by atoms with Crippen molar-refractivity contribution in [3.63, 3.8) is 0 Å². The van der Waals surface area contributed by atoms with E-state index in [0.29, 0.717) is 5.02 Å². The third-order valence-electron chi connectivity index (χ3n) is 3.62. The molecule has 0 aromatic heterocycles. The number of rotatable bonds is 5. The highest BCUT2D eigenvalue weighted by Gasteiger charge is 2.27. The van der Waals surface area contributed by atoms with Crippen LogP contribution in [0.15, 0.2) is 18.2 Å². The fourth-order valence-electron chi connectivity index (χ4n) is 2.78. The number of primary amides is 1. The van der Waals surface area contributed by atoms with Crippen LogP contribution in [0.25, 0.3) is 0 Å². The van der Waals surface area contributed by atoms with Gasteiger partial charge in [0.1, 0.15) is 0 Å². The number of anilines is 1. The van der Waals surface area contributed by atoms with Gasteiger partial charge in [-0.15, -0.1) is 0 Å². The zero-order valence-corrected chi connectivity index (χ0v) is 11.6. The first-order valence-corrected chi connectivity index (χ1v) is 6.94. The van der Waals surface area contributed by atoms with E-state index >= 15 is 0 Å². The number of aliphatic hydroxyl groups excluding tert-OH is 1. The van der Waals surface area contributed by atoms with Crippen LogP contribution >= 0.6 is 11.6 Å². The maximum atomic E-state index is 11.3. The Morgan fingerprint density at radius 1 is 1.42 bits per heavy atom. The number of carbonyl (C=O) groups excluding carboxylic acids is 1. The third kappa shape index (κ3) is 3.19. The lowest BCUT2D eigenvalue weighted by Gasteiger charge is -2.32. The van der Waals surface area contributed by atoms with Crippen LogP contribution < -0.4 is 10.6 Å². The largest absolute Gasteiger partial charge is 0.392 e. The molecule has 0 unspecified atom stereocenters. The molecule has 0 aliphatic heterocycles. The van der Waals surface area contributed by atoms with Crippen LogP contribution in [-0.4, -0.2) is 23.6 Å². The normalized spacial score (nSPS) is 15.7. The van der Waals surface area contributed by atoms with E-state index in [-0.39, 0.29) is 25.1 Å². The van der Waals surface area contributed by atoms with Gasteiger partial charge >= 0.3 is 0 Å². The first-order valence-electron chi connectivity index (χ1n) is 6.56. The van der Waals surface area contributed by atoms with Crippen molar-refractivity contribution in [2.24, 2.45) is 5.73 Å². The number of nitrogens with two attached hydrogens (primary N) is 1. The molecule has 3 N–H and O–H groups in total. The monoisotopic (exact) mass is 282 g/mol. The Kier molecular flexibility index (Phi) is 4.66. The number of benzene rings is 1. The molecule has 5 heteroatoms. The zero-order valence-electron chi connectivity index (χ0n) is 10.8. The summed E-state index contributed by atoms with van der Waals surface area (Å²) in [6.07, 6.45) is 4.37. The lowest BCUT2D eigenvalue weighted by Crippen LogP contribution is -2.41. The van der Waals surface area contributed by atoms with Crippen LogP contribution in [0.4, 0.5) is 5.69 Å². The van der Waals surface area contributed by atoms with Gasteiger partial charge in [0.2, 0.25) is 5.91 Å². The first-order chi connectivity index (χ1) is 9.13. The summed E-state index contributed by atoms with van der Waals surface area (Å²) >= 11 is 6.26. The molecule has 0 radical (unpaired) electrons. The van der Waals surface area contributed by atoms with E-state index in [1.54, 1.807) is 12.1 Å². The zero-order chi connectivity index (χ0) is 13.8. The molecule has 0 heterocycles. The second-order valence-corrected chi connectivity index (χ2v) is 5.35. The van der Waals surface area contributed by atoms with Crippen molar-refractivity contribution in [3.8, 4) is 0 Å². The SMILES string of the molecule is NC(=O)CN(c1c(Cl)cccc1CO)C1CCCC1. The van der Waals surface area contributed by atoms with Crippen molar-refractivity contribution in [2.75, 3.05) is 11.4 Å². The minimum Gasteiger partial charge on any atom is -0.392 e. The Morgan fingerprint density at radius 3 is 2.68 bits per heavy atom. The molecule has 1 fully saturated rings. The third-order valence-corrected chi connectivity index (χ3v) is 3.92. The molecule has 1 saturated carbocycles. The maximum Gasteiger partial charge on any atom is 0.236 e. The van der Waals surface area contributed by atoms with Gasteiger partial charge in [-0.05, 0) is 18.9 Å². The number of amides is 1. The minimum absolute atomic E-state index is 0.0993. The molecular formula is C14H19ClN2O2. The molecule has 19 heavy (non-hydrogen) atoms. The molecule has 0 saturated heterocycles. The van der Waals surface area contributed by atoms with E-state index in [9.17, 15) is 9.90 Å². The van der Waals surface area contributed by atoms with Gasteiger partial charge < -0.3 is 15.7 Å². The number of nitrogens with zero attached hydrogens (tertiary/aromatic N) is 1. The van der Waals surface area contributed by atoms with Gasteiger partial charge in [-0.25, -0.2) is 0 Å². The van der Waals surface area contributed by atoms with E-state index in [1.165, 1.54) is 0 Å². The van der Waals surface area contributed by atoms with Crippen molar-refractivity contribution < 1.29 is 9.90 Å². The van der Waals surface area contributed by atoms with Gasteiger partial charge in [-0.2, -0.15) is 0 Å². The summed E-state index contributed by atoms with van der Waals surface area (Å²) in [5.41, 5.74) is 6.84. The molecule has 1 aromatic rings. The Morgan fingerprint density at radius 2 is 2.11 bits per heavy atom. The van der Waals surface area contributed by atoms with Crippen LogP contribution in [0, 0.1) is 0 Å². The number of hydrogen-bond donors (Lipinski definition) is 2. The molecular weight excluding hydrogens is 264 g/mol. The molecule has 0 atom stereocenters. The Bertz CT molecular complexity index is 459. The van der Waals surface area contributed by atoms with Crippen molar-refractivity contribution in [1.29, 1.82) is 0 Å². The van der Waals surface area contributed by atoms with Crippen molar-refractivity contribution >= 4 is 23.2 Å². The molecule has 0 spiro atoms. The van der Waals surface area contributed by atoms with Crippen molar-refractivity contribution in [1.82, 2.24) is 0 Å². The van der Waals surface area contributed by atoms with Crippen molar-refractivity contribution in [3.05, 3.63) is 28.8 Å². The second kappa shape index (κ2) is 6.26. The van der Waals surface area contributed by atoms with E-state index in [4.69, 9.17) is 17.3 Å². The van der Waals surface area contributed by atoms with E-state index in [2.05, 4.69) is 0 Å². The summed E-state index contributed by atoms with van der Waals surface area (Å²) in [4.78, 5) is 13.3. The van der Waals surface area contributed by atoms with E-state index < -0.39 is 0 Å². The van der Waals surface area contributed by atoms with Crippen LogP contribution in [0.1, 0.15) is 31.2 Å². The quantitative estimate of drug-likeness (QED) is 0.869. The molecule has 1 amide bonds. The molecule has 104 valence electrons. The predicted molar refractivity (Wildman–Crippen MR) is 76.2 cm³/mol. The van der Waals surface area contributed by atoms with Gasteiger partial charge in [0, 0.05) is 11.6 Å². The fraction of sp³-hybridized carbons (Fsp3) is 0.500. The summed E-state index contributed by atoms with van der Waals surface area (Å²) < 4.78 is 0. The lowest BCUT2D eigenvalue weighted by molar-refractivity contribution is -0.116. The summed E-state index contributed by atoms with van der Waals surface area (Å²) in [5, 5.41) is 10.0. The summed E-state index contributed by atoms with van der Waals surface area (Å²) in [7, 11) is 0. The highest BCUT2D eigenvalue weighted by atomic mass is 35.5. The van der Waals surface area contributed by atoms with Crippen LogP contribution in [0.5, 0.6) is 0 Å². The average molecular weight is 283 g/mol. The number of halogens is 1. The molecule has 0 bridgehead atoms. The van der Waals surface area contributed by atoms with Gasteiger partial charge in [0.15, 0.2) is 0 Å². The van der Waals surface area contributed by atoms with Gasteiger partial charge in [-0.3, -0.25) is 4.79 Å². The average Bonchev–Trinajstić information content (AvgIpc) is 2.89. The summed E-state index contributed by atoms with van der Waals surface area (Å²) in [5.74, 6) is -0.379. The standard InChI is InChI=1S/C14H19ClN2O2/c15-12-7-3-4-10(9-18)14(12)17(8-13(16)19)11-5-1-2-6-11/h3-4,7,11,18H,1-2,5-6,8-9H2,(H2,16,19). The Balaban J connectivity index is 2.39. The molecule has 1 aromatic carbocycles. The van der Waals surface area contributed by atoms with E-state index in [0.717, 1.165) is 36.9 Å². The highest BCUT2D eigenvalue weighted by molar-refractivity contribution is 6.33. The highest BCUT2D eigenvalue weighted by Crippen LogP contribution is 2.35. The summed E-state index contributed by atoms with van der Waals surface area (Å²) in [6, 6.07) is 5.68. The number of para-hydroxylation sites is 1. The van der Waals surface area contributed by atoms with Crippen LogP contribution in [0.3, 0.4) is 0 Å².